The summed E-state index contributed by atoms with van der Waals surface area (Å²) in [7, 11) is 1.31. The number of carboxylic acids is 1. The molecular weight excluding hydrogens is 248 g/mol. The number of anilines is 1. The van der Waals surface area contributed by atoms with Gasteiger partial charge in [-0.15, -0.1) is 0 Å². The molecule has 0 spiro atoms. The van der Waals surface area contributed by atoms with Gasteiger partial charge >= 0.3 is 11.9 Å². The number of aromatic nitrogens is 1. The van der Waals surface area contributed by atoms with Crippen LogP contribution >= 0.6 is 0 Å². The molecule has 1 aromatic rings. The molecule has 6 nitrogen and oxygen atoms in total. The number of hydrogen-bond donors (Lipinski definition) is 2. The quantitative estimate of drug-likeness (QED) is 0.782. The number of esters is 1. The highest BCUT2D eigenvalue weighted by Crippen LogP contribution is 2.34. The molecule has 0 radical (unpaired) electrons. The zero-order chi connectivity index (χ0) is 14.0. The van der Waals surface area contributed by atoms with Crippen molar-refractivity contribution in [3.63, 3.8) is 0 Å². The highest BCUT2D eigenvalue weighted by Gasteiger charge is 2.36. The molecule has 0 amide bonds. The molecule has 1 heterocycles. The average molecular weight is 264 g/mol. The van der Waals surface area contributed by atoms with Gasteiger partial charge in [0.25, 0.3) is 0 Å². The molecule has 19 heavy (non-hydrogen) atoms. The van der Waals surface area contributed by atoms with E-state index in [1.54, 1.807) is 19.1 Å². The zero-order valence-electron chi connectivity index (χ0n) is 10.8. The molecule has 1 unspecified atom stereocenters. The lowest BCUT2D eigenvalue weighted by atomic mass is 10.1. The molecule has 1 atom stereocenters. The number of pyridine rings is 1. The number of rotatable bonds is 5. The van der Waals surface area contributed by atoms with E-state index in [0.29, 0.717) is 17.1 Å². The minimum absolute atomic E-state index is 0.167. The van der Waals surface area contributed by atoms with Crippen LogP contribution in [-0.2, 0) is 9.53 Å². The molecule has 1 aromatic heterocycles. The van der Waals surface area contributed by atoms with Crippen LogP contribution in [0.4, 0.5) is 5.82 Å². The van der Waals surface area contributed by atoms with E-state index >= 15 is 0 Å². The fourth-order valence-electron chi connectivity index (χ4n) is 1.94. The maximum absolute atomic E-state index is 11.4. The molecule has 0 bridgehead atoms. The van der Waals surface area contributed by atoms with E-state index in [1.165, 1.54) is 7.11 Å². The van der Waals surface area contributed by atoms with Crippen molar-refractivity contribution >= 4 is 17.8 Å². The van der Waals surface area contributed by atoms with E-state index < -0.39 is 18.0 Å². The summed E-state index contributed by atoms with van der Waals surface area (Å²) in [5.74, 6) is -0.697. The Hall–Kier alpha value is -2.11. The first kappa shape index (κ1) is 13.3. The van der Waals surface area contributed by atoms with Gasteiger partial charge in [0.15, 0.2) is 0 Å². The summed E-state index contributed by atoms with van der Waals surface area (Å²) >= 11 is 0. The van der Waals surface area contributed by atoms with Crippen LogP contribution in [0.1, 0.15) is 28.9 Å². The van der Waals surface area contributed by atoms with Gasteiger partial charge in [-0.2, -0.15) is 0 Å². The number of nitrogens with one attached hydrogen (secondary N) is 1. The minimum Gasteiger partial charge on any atom is -0.480 e. The molecular formula is C13H16N2O4. The molecule has 1 aliphatic rings. The van der Waals surface area contributed by atoms with Crippen LogP contribution < -0.4 is 5.32 Å². The fraction of sp³-hybridized carbons (Fsp3) is 0.462. The molecule has 1 saturated carbocycles. The van der Waals surface area contributed by atoms with Crippen molar-refractivity contribution in [3.05, 3.63) is 23.4 Å². The van der Waals surface area contributed by atoms with Gasteiger partial charge in [0.1, 0.15) is 11.9 Å². The number of methoxy groups -OCH3 is 1. The lowest BCUT2D eigenvalue weighted by Crippen LogP contribution is -2.31. The number of carboxylic acid groups (broad SMARTS) is 1. The third kappa shape index (κ3) is 3.01. The maximum Gasteiger partial charge on any atom is 0.339 e. The van der Waals surface area contributed by atoms with Crippen molar-refractivity contribution in [2.24, 2.45) is 5.92 Å². The van der Waals surface area contributed by atoms with Crippen molar-refractivity contribution in [1.29, 1.82) is 0 Å². The Morgan fingerprint density at radius 2 is 2.16 bits per heavy atom. The summed E-state index contributed by atoms with van der Waals surface area (Å²) < 4.78 is 4.63. The highest BCUT2D eigenvalue weighted by molar-refractivity contribution is 5.90. The number of aryl methyl sites for hydroxylation is 1. The van der Waals surface area contributed by atoms with Gasteiger partial charge in [-0.05, 0) is 37.8 Å². The summed E-state index contributed by atoms with van der Waals surface area (Å²) in [5.41, 5.74) is 0.892. The Kier molecular flexibility index (Phi) is 3.69. The van der Waals surface area contributed by atoms with Gasteiger partial charge in [0.2, 0.25) is 0 Å². The van der Waals surface area contributed by atoms with Gasteiger partial charge in [0.05, 0.1) is 18.4 Å². The van der Waals surface area contributed by atoms with Gasteiger partial charge in [-0.25, -0.2) is 14.6 Å². The third-order valence-electron chi connectivity index (χ3n) is 3.15. The number of carbonyl (C=O) groups is 2. The van der Waals surface area contributed by atoms with Crippen molar-refractivity contribution in [1.82, 2.24) is 4.98 Å². The molecule has 102 valence electrons. The molecule has 0 saturated heterocycles. The maximum atomic E-state index is 11.4. The number of ether oxygens (including phenoxy) is 1. The van der Waals surface area contributed by atoms with Crippen molar-refractivity contribution in [2.75, 3.05) is 12.4 Å². The van der Waals surface area contributed by atoms with E-state index in [2.05, 4.69) is 15.0 Å². The smallest absolute Gasteiger partial charge is 0.339 e. The minimum atomic E-state index is -0.876. The predicted octanol–water partition coefficient (Wildman–Crippen LogP) is 1.45. The summed E-state index contributed by atoms with van der Waals surface area (Å²) in [6.07, 6.45) is 1.84. The molecule has 1 fully saturated rings. The number of hydrogen-bond acceptors (Lipinski definition) is 5. The van der Waals surface area contributed by atoms with E-state index in [9.17, 15) is 9.59 Å². The van der Waals surface area contributed by atoms with Gasteiger partial charge < -0.3 is 15.2 Å². The average Bonchev–Trinajstić information content (AvgIpc) is 3.19. The first-order valence-corrected chi connectivity index (χ1v) is 6.08. The van der Waals surface area contributed by atoms with E-state index in [-0.39, 0.29) is 5.92 Å². The SMILES string of the molecule is COC(=O)c1ccc(NC(C(=O)O)C2CC2)nc1C. The Balaban J connectivity index is 2.15. The second-order valence-corrected chi connectivity index (χ2v) is 4.62. The zero-order valence-corrected chi connectivity index (χ0v) is 10.8. The molecule has 0 aromatic carbocycles. The van der Waals surface area contributed by atoms with Crippen LogP contribution in [0.5, 0.6) is 0 Å². The number of nitrogens with zero attached hydrogens (tertiary/aromatic N) is 1. The Labute approximate surface area is 110 Å². The number of aliphatic carboxylic acids is 1. The van der Waals surface area contributed by atoms with E-state index in [0.717, 1.165) is 12.8 Å². The highest BCUT2D eigenvalue weighted by atomic mass is 16.5. The molecule has 2 rings (SSSR count). The van der Waals surface area contributed by atoms with Crippen LogP contribution in [0, 0.1) is 12.8 Å². The summed E-state index contributed by atoms with van der Waals surface area (Å²) in [4.78, 5) is 26.7. The van der Waals surface area contributed by atoms with E-state index in [1.807, 2.05) is 0 Å². The summed E-state index contributed by atoms with van der Waals surface area (Å²) in [6, 6.07) is 2.57. The summed E-state index contributed by atoms with van der Waals surface area (Å²) in [6.45, 7) is 1.68. The molecule has 1 aliphatic carbocycles. The second kappa shape index (κ2) is 5.26. The van der Waals surface area contributed by atoms with Gasteiger partial charge in [-0.3, -0.25) is 0 Å². The first-order chi connectivity index (χ1) is 9.02. The fourth-order valence-corrected chi connectivity index (χ4v) is 1.94. The van der Waals surface area contributed by atoms with Crippen molar-refractivity contribution < 1.29 is 19.4 Å². The first-order valence-electron chi connectivity index (χ1n) is 6.08. The van der Waals surface area contributed by atoms with Gasteiger partial charge in [-0.1, -0.05) is 0 Å². The molecule has 2 N–H and O–H groups in total. The Morgan fingerprint density at radius 3 is 2.63 bits per heavy atom. The molecule has 6 heteroatoms. The van der Waals surface area contributed by atoms with Crippen LogP contribution in [-0.4, -0.2) is 35.2 Å². The standard InChI is InChI=1S/C13H16N2O4/c1-7-9(13(18)19-2)5-6-10(14-7)15-11(12(16)17)8-3-4-8/h5-6,8,11H,3-4H2,1-2H3,(H,14,15)(H,16,17). The lowest BCUT2D eigenvalue weighted by Gasteiger charge is -2.15. The number of carbonyl (C=O) groups excluding carboxylic acids is 1. The largest absolute Gasteiger partial charge is 0.480 e. The van der Waals surface area contributed by atoms with Crippen molar-refractivity contribution in [3.8, 4) is 0 Å². The van der Waals surface area contributed by atoms with Crippen LogP contribution in [0.3, 0.4) is 0 Å². The van der Waals surface area contributed by atoms with Crippen molar-refractivity contribution in [2.45, 2.75) is 25.8 Å². The normalized spacial score (nSPS) is 15.7. The molecule has 0 aliphatic heterocycles. The second-order valence-electron chi connectivity index (χ2n) is 4.62. The van der Waals surface area contributed by atoms with Crippen LogP contribution in [0.2, 0.25) is 0 Å². The third-order valence-corrected chi connectivity index (χ3v) is 3.15. The van der Waals surface area contributed by atoms with Crippen LogP contribution in [0.25, 0.3) is 0 Å². The van der Waals surface area contributed by atoms with Gasteiger partial charge in [0, 0.05) is 0 Å². The van der Waals surface area contributed by atoms with Crippen LogP contribution in [0.15, 0.2) is 12.1 Å². The topological polar surface area (TPSA) is 88.5 Å². The Bertz CT molecular complexity index is 511. The summed E-state index contributed by atoms with van der Waals surface area (Å²) in [5, 5.41) is 12.0. The van der Waals surface area contributed by atoms with E-state index in [4.69, 9.17) is 5.11 Å². The lowest BCUT2D eigenvalue weighted by molar-refractivity contribution is -0.138. The predicted molar refractivity (Wildman–Crippen MR) is 68.1 cm³/mol. The Morgan fingerprint density at radius 1 is 1.47 bits per heavy atom. The monoisotopic (exact) mass is 264 g/mol.